The molecule has 2 unspecified atom stereocenters. The quantitative estimate of drug-likeness (QED) is 0.136. The van der Waals surface area contributed by atoms with E-state index >= 15 is 0 Å². The van der Waals surface area contributed by atoms with Gasteiger partial charge in [-0.15, -0.1) is 0 Å². The number of hydrogen-bond donors (Lipinski definition) is 4. The Morgan fingerprint density at radius 3 is 1.86 bits per heavy atom. The number of nitrogens with zero attached hydrogens (tertiary/aromatic N) is 2. The molecule has 4 N–H and O–H groups in total. The molecule has 2 saturated carbocycles. The molecular weight excluding hydrogens is 824 g/mol. The van der Waals surface area contributed by atoms with E-state index in [2.05, 4.69) is 17.2 Å². The number of rotatable bonds is 14. The summed E-state index contributed by atoms with van der Waals surface area (Å²) in [6.45, 7) is 2.42. The molecule has 4 rings (SSSR count). The molecule has 14 nitrogen and oxygen atoms in total. The first kappa shape index (κ1) is 46.9. The number of aromatic nitrogens is 2. The van der Waals surface area contributed by atoms with Crippen LogP contribution in [0, 0.1) is 11.8 Å². The van der Waals surface area contributed by atoms with E-state index in [1.54, 1.807) is 29.0 Å². The van der Waals surface area contributed by atoms with Crippen molar-refractivity contribution < 1.29 is 67.4 Å². The topological polar surface area (TPSA) is 203 Å². The van der Waals surface area contributed by atoms with Crippen molar-refractivity contribution in [2.75, 3.05) is 12.4 Å². The van der Waals surface area contributed by atoms with Crippen LogP contribution in [0.25, 0.3) is 0 Å². The largest absolute Gasteiger partial charge is 0.511 e. The van der Waals surface area contributed by atoms with Gasteiger partial charge in [0.1, 0.15) is 5.82 Å². The van der Waals surface area contributed by atoms with Gasteiger partial charge in [-0.3, -0.25) is 14.4 Å². The second-order valence-electron chi connectivity index (χ2n) is 13.4. The maximum Gasteiger partial charge on any atom is 0.511 e. The molecular formula is C33H44ClF6N5O9S2. The first-order valence-corrected chi connectivity index (χ1v) is 21.0. The number of benzene rings is 1. The number of unbranched alkanes of at least 4 members (excludes halogenated alkanes) is 1. The molecule has 2 aliphatic carbocycles. The van der Waals surface area contributed by atoms with Gasteiger partial charge in [-0.1, -0.05) is 62.8 Å². The smallest absolute Gasteiger partial charge is 0.481 e. The number of sulfonamides is 2. The Bertz CT molecular complexity index is 1890. The molecule has 56 heavy (non-hydrogen) atoms. The Hall–Kier alpha value is -3.47. The fourth-order valence-electron chi connectivity index (χ4n) is 6.39. The average Bonchev–Trinajstić information content (AvgIpc) is 3.39. The van der Waals surface area contributed by atoms with E-state index in [4.69, 9.17) is 21.4 Å². The van der Waals surface area contributed by atoms with Crippen LogP contribution in [0.1, 0.15) is 88.2 Å². The van der Waals surface area contributed by atoms with Gasteiger partial charge in [-0.2, -0.15) is 26.3 Å². The number of esters is 1. The molecule has 1 heterocycles. The Kier molecular flexibility index (Phi) is 16.6. The minimum Gasteiger partial charge on any atom is -0.481 e. The van der Waals surface area contributed by atoms with Crippen molar-refractivity contribution in [1.82, 2.24) is 19.0 Å². The fourth-order valence-corrected chi connectivity index (χ4v) is 8.29. The zero-order valence-electron chi connectivity index (χ0n) is 30.4. The van der Waals surface area contributed by atoms with Gasteiger partial charge in [-0.25, -0.2) is 31.3 Å². The van der Waals surface area contributed by atoms with Crippen LogP contribution in [0.15, 0.2) is 24.3 Å². The number of ether oxygens (including phenoxy) is 1. The molecule has 0 radical (unpaired) electrons. The summed E-state index contributed by atoms with van der Waals surface area (Å²) < 4.78 is 130. The molecule has 2 aromatic rings. The second-order valence-corrected chi connectivity index (χ2v) is 17.1. The number of methoxy groups -OCH3 is 1. The summed E-state index contributed by atoms with van der Waals surface area (Å²) in [5, 5.41) is 11.7. The van der Waals surface area contributed by atoms with Crippen molar-refractivity contribution >= 4 is 55.2 Å². The molecule has 2 fully saturated rings. The lowest BCUT2D eigenvalue weighted by Crippen LogP contribution is -2.50. The number of hydrogen-bond acceptors (Lipinski definition) is 9. The predicted molar refractivity (Wildman–Crippen MR) is 191 cm³/mol. The summed E-state index contributed by atoms with van der Waals surface area (Å²) in [7, 11) is -9.75. The first-order valence-electron chi connectivity index (χ1n) is 17.6. The van der Waals surface area contributed by atoms with Gasteiger partial charge in [0.15, 0.2) is 5.15 Å². The number of carboxylic acid groups (broad SMARTS) is 1. The lowest BCUT2D eigenvalue weighted by Gasteiger charge is -2.31. The monoisotopic (exact) mass is 867 g/mol. The summed E-state index contributed by atoms with van der Waals surface area (Å²) in [6, 6.07) is 4.49. The van der Waals surface area contributed by atoms with E-state index in [1.165, 1.54) is 11.8 Å². The highest BCUT2D eigenvalue weighted by Gasteiger charge is 2.49. The first-order chi connectivity index (χ1) is 26.0. The molecule has 2 aliphatic rings. The van der Waals surface area contributed by atoms with Crippen molar-refractivity contribution in [3.8, 4) is 0 Å². The van der Waals surface area contributed by atoms with Crippen LogP contribution >= 0.6 is 11.6 Å². The maximum absolute atomic E-state index is 12.9. The average molecular weight is 868 g/mol. The van der Waals surface area contributed by atoms with E-state index in [-0.39, 0.29) is 37.3 Å². The lowest BCUT2D eigenvalue weighted by atomic mass is 9.84. The zero-order chi connectivity index (χ0) is 42.1. The highest BCUT2D eigenvalue weighted by molar-refractivity contribution is 7.90. The SMILES string of the molecule is CCCCc1nc(Cl)c(CC(=O)OC)n1Cc1ccc(NC(=O)C2CCCCC2NS(=O)(=O)C(F)(F)F)cc1.O=C(O)[C@H]1CCCC[C@@H]1NS(=O)(=O)C(F)(F)F. The Labute approximate surface area is 325 Å². The number of anilines is 1. The molecule has 4 atom stereocenters. The number of carbonyl (C=O) groups is 3. The van der Waals surface area contributed by atoms with Gasteiger partial charge in [0.2, 0.25) is 5.91 Å². The van der Waals surface area contributed by atoms with Crippen LogP contribution in [0.3, 0.4) is 0 Å². The van der Waals surface area contributed by atoms with Crippen molar-refractivity contribution in [3.05, 3.63) is 46.5 Å². The van der Waals surface area contributed by atoms with E-state index in [1.807, 2.05) is 4.57 Å². The van der Waals surface area contributed by atoms with Crippen molar-refractivity contribution in [3.63, 3.8) is 0 Å². The molecule has 0 bridgehead atoms. The fraction of sp³-hybridized carbons (Fsp3) is 0.636. The summed E-state index contributed by atoms with van der Waals surface area (Å²) in [6.07, 6.45) is 5.34. The minimum atomic E-state index is -5.57. The minimum absolute atomic E-state index is 0.0384. The Balaban J connectivity index is 0.000000413. The molecule has 316 valence electrons. The second kappa shape index (κ2) is 19.8. The molecule has 1 aromatic heterocycles. The summed E-state index contributed by atoms with van der Waals surface area (Å²) in [5.74, 6) is -3.58. The number of aliphatic carboxylic acids is 1. The number of halogens is 7. The van der Waals surface area contributed by atoms with Gasteiger partial charge in [0, 0.05) is 30.7 Å². The van der Waals surface area contributed by atoms with Crippen LogP contribution in [0.5, 0.6) is 0 Å². The van der Waals surface area contributed by atoms with E-state index < -0.39 is 72.8 Å². The molecule has 23 heteroatoms. The van der Waals surface area contributed by atoms with Crippen molar-refractivity contribution in [2.45, 2.75) is 114 Å². The van der Waals surface area contributed by atoms with E-state index in [9.17, 15) is 57.6 Å². The van der Waals surface area contributed by atoms with Gasteiger partial charge in [-0.05, 0) is 49.8 Å². The molecule has 0 aliphatic heterocycles. The number of carbonyl (C=O) groups excluding carboxylic acids is 2. The third-order valence-electron chi connectivity index (χ3n) is 9.37. The molecule has 0 saturated heterocycles. The summed E-state index contributed by atoms with van der Waals surface area (Å²) >= 11 is 6.34. The number of aryl methyl sites for hydroxylation is 1. The predicted octanol–water partition coefficient (Wildman–Crippen LogP) is 5.65. The van der Waals surface area contributed by atoms with E-state index in [0.717, 1.165) is 24.2 Å². The van der Waals surface area contributed by atoms with Crippen molar-refractivity contribution in [2.24, 2.45) is 11.8 Å². The Morgan fingerprint density at radius 1 is 0.875 bits per heavy atom. The van der Waals surface area contributed by atoms with E-state index in [0.29, 0.717) is 50.0 Å². The van der Waals surface area contributed by atoms with Gasteiger partial charge >= 0.3 is 43.0 Å². The lowest BCUT2D eigenvalue weighted by molar-refractivity contribution is -0.143. The maximum atomic E-state index is 12.9. The number of imidazole rings is 1. The third-order valence-corrected chi connectivity index (χ3v) is 12.1. The van der Waals surface area contributed by atoms with Crippen molar-refractivity contribution in [1.29, 1.82) is 0 Å². The van der Waals surface area contributed by atoms with Crippen LogP contribution < -0.4 is 14.8 Å². The van der Waals surface area contributed by atoms with Gasteiger partial charge in [0.25, 0.3) is 0 Å². The Morgan fingerprint density at radius 2 is 1.38 bits per heavy atom. The number of nitrogens with one attached hydrogen (secondary N) is 3. The molecule has 0 spiro atoms. The highest BCUT2D eigenvalue weighted by atomic mass is 35.5. The summed E-state index contributed by atoms with van der Waals surface area (Å²) in [5.41, 5.74) is -9.08. The van der Waals surface area contributed by atoms with Crippen LogP contribution in [0.2, 0.25) is 5.15 Å². The number of amides is 1. The normalized spacial score (nSPS) is 20.7. The van der Waals surface area contributed by atoms with Gasteiger partial charge in [0.05, 0.1) is 31.1 Å². The van der Waals surface area contributed by atoms with Gasteiger partial charge < -0.3 is 19.7 Å². The van der Waals surface area contributed by atoms with Crippen LogP contribution in [-0.4, -0.2) is 79.5 Å². The zero-order valence-corrected chi connectivity index (χ0v) is 32.8. The molecule has 1 aromatic carbocycles. The summed E-state index contributed by atoms with van der Waals surface area (Å²) in [4.78, 5) is 40.1. The number of carboxylic acids is 1. The highest BCUT2D eigenvalue weighted by Crippen LogP contribution is 2.31. The van der Waals surface area contributed by atoms with Crippen LogP contribution in [-0.2, 0) is 58.6 Å². The van der Waals surface area contributed by atoms with Crippen LogP contribution in [0.4, 0.5) is 32.0 Å². The third kappa shape index (κ3) is 12.8. The molecule has 1 amide bonds. The number of alkyl halides is 6. The standard InChI is InChI=1S/C25H32ClF3N4O5S.C8H12F3NO4S/c1-3-4-9-21-31-23(26)20(14-22(34)38-2)33(21)15-16-10-12-17(13-11-16)30-24(35)18-7-5-6-8-19(18)32-39(36,37)25(27,28)29;9-8(10,11)17(15,16)12-6-4-2-1-3-5(6)7(13)14/h10-13,18-19,32H,3-9,14-15H2,1-2H3,(H,30,35);5-6,12H,1-4H2,(H,13,14)/t;5-,6-/m.0/s1.